The molecule has 0 aliphatic carbocycles. The number of nitrogens with zero attached hydrogens (tertiary/aromatic N) is 4. The molecule has 1 aromatic carbocycles. The minimum absolute atomic E-state index is 0.0288. The second-order valence-electron chi connectivity index (χ2n) is 5.57. The fraction of sp³-hybridized carbons (Fsp3) is 0.250. The minimum Gasteiger partial charge on any atom is -0.352 e. The van der Waals surface area contributed by atoms with Gasteiger partial charge in [0, 0.05) is 30.4 Å². The van der Waals surface area contributed by atoms with Crippen LogP contribution in [0.15, 0.2) is 29.6 Å². The van der Waals surface area contributed by atoms with E-state index in [1.165, 1.54) is 4.70 Å². The molecule has 0 radical (unpaired) electrons. The number of carbonyl (C=O) groups excluding carboxylic acids is 2. The predicted octanol–water partition coefficient (Wildman–Crippen LogP) is 1.51. The van der Waals surface area contributed by atoms with Crippen LogP contribution in [0, 0.1) is 0 Å². The van der Waals surface area contributed by atoms with E-state index in [1.807, 2.05) is 29.6 Å². The molecule has 1 aliphatic rings. The Kier molecular flexibility index (Phi) is 3.53. The Morgan fingerprint density at radius 3 is 2.92 bits per heavy atom. The Bertz CT molecular complexity index is 945. The molecular weight excluding hydrogens is 326 g/mol. The molecule has 7 nitrogen and oxygen atoms in total. The van der Waals surface area contributed by atoms with Gasteiger partial charge in [0.25, 0.3) is 11.8 Å². The van der Waals surface area contributed by atoms with Crippen LogP contribution in [0.2, 0.25) is 0 Å². The van der Waals surface area contributed by atoms with Gasteiger partial charge in [-0.15, -0.1) is 21.5 Å². The van der Waals surface area contributed by atoms with Crippen molar-refractivity contribution in [1.82, 2.24) is 25.0 Å². The molecule has 8 heteroatoms. The molecular formula is C16H15N5O2S. The van der Waals surface area contributed by atoms with E-state index in [1.54, 1.807) is 27.9 Å². The summed E-state index contributed by atoms with van der Waals surface area (Å²) in [5, 5.41) is 13.6. The number of hydrogen-bond donors (Lipinski definition) is 1. The normalized spacial score (nSPS) is 13.8. The van der Waals surface area contributed by atoms with Gasteiger partial charge in [-0.1, -0.05) is 0 Å². The Labute approximate surface area is 141 Å². The molecule has 0 fully saturated rings. The zero-order chi connectivity index (χ0) is 16.7. The van der Waals surface area contributed by atoms with Crippen LogP contribution < -0.4 is 5.32 Å². The maximum absolute atomic E-state index is 12.8. The lowest BCUT2D eigenvalue weighted by Gasteiger charge is -2.27. The van der Waals surface area contributed by atoms with Crippen molar-refractivity contribution in [3.05, 3.63) is 46.9 Å². The largest absolute Gasteiger partial charge is 0.352 e. The molecule has 0 unspecified atom stereocenters. The summed E-state index contributed by atoms with van der Waals surface area (Å²) in [6, 6.07) is 7.77. The predicted molar refractivity (Wildman–Crippen MR) is 90.0 cm³/mol. The summed E-state index contributed by atoms with van der Waals surface area (Å²) in [6.07, 6.45) is 0. The molecule has 0 atom stereocenters. The van der Waals surface area contributed by atoms with Crippen LogP contribution in [-0.4, -0.2) is 45.1 Å². The van der Waals surface area contributed by atoms with Crippen molar-refractivity contribution in [3.63, 3.8) is 0 Å². The van der Waals surface area contributed by atoms with Crippen LogP contribution in [0.4, 0.5) is 0 Å². The summed E-state index contributed by atoms with van der Waals surface area (Å²) in [5.41, 5.74) is 0.667. The van der Waals surface area contributed by atoms with Crippen LogP contribution in [-0.2, 0) is 13.1 Å². The van der Waals surface area contributed by atoms with Crippen LogP contribution in [0.25, 0.3) is 10.1 Å². The Morgan fingerprint density at radius 1 is 1.21 bits per heavy atom. The second kappa shape index (κ2) is 5.72. The van der Waals surface area contributed by atoms with Gasteiger partial charge in [-0.25, -0.2) is 0 Å². The van der Waals surface area contributed by atoms with Gasteiger partial charge >= 0.3 is 0 Å². The first-order chi connectivity index (χ1) is 11.7. The Morgan fingerprint density at radius 2 is 2.08 bits per heavy atom. The highest BCUT2D eigenvalue weighted by Gasteiger charge is 2.27. The number of benzene rings is 1. The van der Waals surface area contributed by atoms with Crippen LogP contribution >= 0.6 is 11.3 Å². The molecule has 2 aromatic heterocycles. The van der Waals surface area contributed by atoms with Crippen LogP contribution in [0.3, 0.4) is 0 Å². The molecule has 3 aromatic rings. The highest BCUT2D eigenvalue weighted by molar-refractivity contribution is 7.17. The number of rotatable bonds is 2. The van der Waals surface area contributed by atoms with Gasteiger partial charge in [-0.3, -0.25) is 9.59 Å². The van der Waals surface area contributed by atoms with E-state index in [4.69, 9.17) is 0 Å². The van der Waals surface area contributed by atoms with Crippen molar-refractivity contribution in [1.29, 1.82) is 0 Å². The number of amides is 2. The number of hydrogen-bond acceptors (Lipinski definition) is 5. The monoisotopic (exact) mass is 341 g/mol. The summed E-state index contributed by atoms with van der Waals surface area (Å²) >= 11 is 1.66. The zero-order valence-electron chi connectivity index (χ0n) is 13.0. The smallest absolute Gasteiger partial charge is 0.288 e. The van der Waals surface area contributed by atoms with Gasteiger partial charge < -0.3 is 14.8 Å². The van der Waals surface area contributed by atoms with Crippen molar-refractivity contribution in [2.24, 2.45) is 0 Å². The third-order valence-corrected chi connectivity index (χ3v) is 5.07. The van der Waals surface area contributed by atoms with Crippen molar-refractivity contribution >= 4 is 33.2 Å². The van der Waals surface area contributed by atoms with Gasteiger partial charge in [0.15, 0.2) is 5.82 Å². The third kappa shape index (κ3) is 2.35. The van der Waals surface area contributed by atoms with E-state index < -0.39 is 0 Å². The lowest BCUT2D eigenvalue weighted by Crippen LogP contribution is -2.39. The average molecular weight is 341 g/mol. The third-order valence-electron chi connectivity index (χ3n) is 4.17. The summed E-state index contributed by atoms with van der Waals surface area (Å²) in [6.45, 7) is 1.39. The van der Waals surface area contributed by atoms with Gasteiger partial charge in [-0.05, 0) is 35.0 Å². The van der Waals surface area contributed by atoms with E-state index in [0.29, 0.717) is 36.8 Å². The SMILES string of the molecule is CNC(=O)c1nnc2n1CCN(C(=O)c1ccc3sccc3c1)C2. The Hall–Kier alpha value is -2.74. The van der Waals surface area contributed by atoms with E-state index >= 15 is 0 Å². The topological polar surface area (TPSA) is 80.1 Å². The average Bonchev–Trinajstić information content (AvgIpc) is 3.25. The molecule has 1 aliphatic heterocycles. The number of fused-ring (bicyclic) bond motifs is 2. The summed E-state index contributed by atoms with van der Waals surface area (Å²) in [5.74, 6) is 0.624. The standard InChI is InChI=1S/C16H15N5O2S/c1-17-15(22)14-19-18-13-9-20(5-6-21(13)14)16(23)11-2-3-12-10(8-11)4-7-24-12/h2-4,7-8H,5-6,9H2,1H3,(H,17,22). The molecule has 122 valence electrons. The van der Waals surface area contributed by atoms with E-state index in [0.717, 1.165) is 5.39 Å². The molecule has 24 heavy (non-hydrogen) atoms. The van der Waals surface area contributed by atoms with Crippen molar-refractivity contribution in [2.45, 2.75) is 13.1 Å². The lowest BCUT2D eigenvalue weighted by molar-refractivity contribution is 0.0706. The lowest BCUT2D eigenvalue weighted by atomic mass is 10.1. The number of thiophene rings is 1. The van der Waals surface area contributed by atoms with Gasteiger partial charge in [0.1, 0.15) is 0 Å². The zero-order valence-corrected chi connectivity index (χ0v) is 13.8. The number of carbonyl (C=O) groups is 2. The molecule has 0 spiro atoms. The molecule has 3 heterocycles. The first kappa shape index (κ1) is 14.8. The quantitative estimate of drug-likeness (QED) is 0.766. The highest BCUT2D eigenvalue weighted by Crippen LogP contribution is 2.23. The van der Waals surface area contributed by atoms with Crippen LogP contribution in [0.1, 0.15) is 26.8 Å². The summed E-state index contributed by atoms with van der Waals surface area (Å²) < 4.78 is 2.94. The maximum Gasteiger partial charge on any atom is 0.288 e. The molecule has 1 N–H and O–H groups in total. The van der Waals surface area contributed by atoms with Crippen molar-refractivity contribution in [3.8, 4) is 0 Å². The van der Waals surface area contributed by atoms with Gasteiger partial charge in [-0.2, -0.15) is 0 Å². The fourth-order valence-electron chi connectivity index (χ4n) is 2.89. The minimum atomic E-state index is -0.267. The molecule has 4 rings (SSSR count). The first-order valence-corrected chi connectivity index (χ1v) is 8.46. The van der Waals surface area contributed by atoms with E-state index in [9.17, 15) is 9.59 Å². The molecule has 0 saturated carbocycles. The highest BCUT2D eigenvalue weighted by atomic mass is 32.1. The molecule has 0 saturated heterocycles. The second-order valence-corrected chi connectivity index (χ2v) is 6.52. The Balaban J connectivity index is 1.58. The molecule has 2 amide bonds. The van der Waals surface area contributed by atoms with E-state index in [2.05, 4.69) is 15.5 Å². The van der Waals surface area contributed by atoms with Crippen molar-refractivity contribution in [2.75, 3.05) is 13.6 Å². The first-order valence-electron chi connectivity index (χ1n) is 7.58. The number of aromatic nitrogens is 3. The summed E-state index contributed by atoms with van der Waals surface area (Å²) in [7, 11) is 1.56. The van der Waals surface area contributed by atoms with Gasteiger partial charge in [0.05, 0.1) is 6.54 Å². The number of nitrogens with one attached hydrogen (secondary N) is 1. The van der Waals surface area contributed by atoms with Crippen LogP contribution in [0.5, 0.6) is 0 Å². The maximum atomic E-state index is 12.8. The fourth-order valence-corrected chi connectivity index (χ4v) is 3.66. The van der Waals surface area contributed by atoms with E-state index in [-0.39, 0.29) is 11.8 Å². The van der Waals surface area contributed by atoms with Crippen molar-refractivity contribution < 1.29 is 9.59 Å². The summed E-state index contributed by atoms with van der Waals surface area (Å²) in [4.78, 5) is 26.3. The molecule has 0 bridgehead atoms. The van der Waals surface area contributed by atoms with Gasteiger partial charge in [0.2, 0.25) is 5.82 Å².